The van der Waals surface area contributed by atoms with Crippen molar-refractivity contribution < 1.29 is 4.79 Å². The molecule has 0 radical (unpaired) electrons. The zero-order chi connectivity index (χ0) is 20.0. The van der Waals surface area contributed by atoms with Gasteiger partial charge in [0, 0.05) is 28.4 Å². The lowest BCUT2D eigenvalue weighted by molar-refractivity contribution is 0.100. The number of aryl methyl sites for hydroxylation is 4. The highest BCUT2D eigenvalue weighted by Gasteiger charge is 2.17. The lowest BCUT2D eigenvalue weighted by atomic mass is 9.99. The molecule has 3 heteroatoms. The smallest absolute Gasteiger partial charge is 0.249 e. The zero-order valence-corrected chi connectivity index (χ0v) is 17.0. The van der Waals surface area contributed by atoms with Gasteiger partial charge in [0.05, 0.1) is 5.52 Å². The minimum absolute atomic E-state index is 0.382. The van der Waals surface area contributed by atoms with Gasteiger partial charge in [-0.1, -0.05) is 42.8 Å². The summed E-state index contributed by atoms with van der Waals surface area (Å²) in [6, 6.07) is 16.8. The van der Waals surface area contributed by atoms with E-state index in [1.165, 1.54) is 27.8 Å². The number of carbonyl (C=O) groups excluding carboxylic acids is 1. The monoisotopic (exact) mass is 370 g/mol. The Bertz CT molecular complexity index is 1210. The number of amides is 1. The minimum Gasteiger partial charge on any atom is -0.366 e. The van der Waals surface area contributed by atoms with E-state index in [-0.39, 0.29) is 5.91 Å². The van der Waals surface area contributed by atoms with Crippen LogP contribution in [0.4, 0.5) is 0 Å². The van der Waals surface area contributed by atoms with Gasteiger partial charge in [0.1, 0.15) is 0 Å². The zero-order valence-electron chi connectivity index (χ0n) is 17.0. The Labute approximate surface area is 165 Å². The summed E-state index contributed by atoms with van der Waals surface area (Å²) in [5.74, 6) is -0.382. The van der Waals surface area contributed by atoms with Crippen LogP contribution in [0.5, 0.6) is 0 Å². The number of benzene rings is 3. The van der Waals surface area contributed by atoms with Crippen LogP contribution in [0.15, 0.2) is 48.5 Å². The second kappa shape index (κ2) is 6.83. The highest BCUT2D eigenvalue weighted by Crippen LogP contribution is 2.34. The molecule has 0 spiro atoms. The molecule has 4 aromatic rings. The summed E-state index contributed by atoms with van der Waals surface area (Å²) in [5.41, 5.74) is 15.0. The molecule has 3 aromatic carbocycles. The van der Waals surface area contributed by atoms with E-state index in [1.54, 1.807) is 0 Å². The Morgan fingerprint density at radius 3 is 2.32 bits per heavy atom. The molecule has 0 saturated heterocycles. The van der Waals surface area contributed by atoms with Gasteiger partial charge in [0.2, 0.25) is 5.91 Å². The quantitative estimate of drug-likeness (QED) is 0.512. The average molecular weight is 370 g/mol. The summed E-state index contributed by atoms with van der Waals surface area (Å²) < 4.78 is 2.33. The molecule has 1 amide bonds. The molecule has 4 rings (SSSR count). The standard InChI is InChI=1S/C25H26N2O/c1-5-18-9-10-19-23(13-18)27(14-21-16(3)11-15(2)12-17(21)4)22-8-6-7-20(24(19)22)25(26)28/h6-13H,5,14H2,1-4H3,(H2,26,28). The largest absolute Gasteiger partial charge is 0.366 e. The number of carbonyl (C=O) groups is 1. The number of hydrogen-bond acceptors (Lipinski definition) is 1. The van der Waals surface area contributed by atoms with Crippen molar-refractivity contribution in [3.8, 4) is 0 Å². The third-order valence-corrected chi connectivity index (χ3v) is 5.79. The lowest BCUT2D eigenvalue weighted by Crippen LogP contribution is -2.11. The first-order valence-electron chi connectivity index (χ1n) is 9.81. The number of rotatable bonds is 4. The van der Waals surface area contributed by atoms with Crippen molar-refractivity contribution in [1.29, 1.82) is 0 Å². The van der Waals surface area contributed by atoms with Crippen molar-refractivity contribution in [3.63, 3.8) is 0 Å². The van der Waals surface area contributed by atoms with Gasteiger partial charge in [-0.3, -0.25) is 4.79 Å². The maximum absolute atomic E-state index is 12.1. The summed E-state index contributed by atoms with van der Waals surface area (Å²) >= 11 is 0. The summed E-state index contributed by atoms with van der Waals surface area (Å²) in [5, 5.41) is 2.04. The van der Waals surface area contributed by atoms with Crippen LogP contribution >= 0.6 is 0 Å². The first-order valence-corrected chi connectivity index (χ1v) is 9.81. The summed E-state index contributed by atoms with van der Waals surface area (Å²) in [6.45, 7) is 9.42. The first kappa shape index (κ1) is 18.3. The Hall–Kier alpha value is -3.07. The van der Waals surface area contributed by atoms with E-state index < -0.39 is 0 Å². The molecular formula is C25H26N2O. The summed E-state index contributed by atoms with van der Waals surface area (Å²) in [7, 11) is 0. The highest BCUT2D eigenvalue weighted by atomic mass is 16.1. The molecule has 142 valence electrons. The first-order chi connectivity index (χ1) is 13.4. The van der Waals surface area contributed by atoms with Crippen molar-refractivity contribution in [2.45, 2.75) is 40.7 Å². The predicted octanol–water partition coefficient (Wildman–Crippen LogP) is 5.43. The van der Waals surface area contributed by atoms with Gasteiger partial charge in [-0.05, 0) is 67.6 Å². The molecule has 1 heterocycles. The van der Waals surface area contributed by atoms with Crippen LogP contribution in [0, 0.1) is 20.8 Å². The normalized spacial score (nSPS) is 11.4. The third-order valence-electron chi connectivity index (χ3n) is 5.79. The highest BCUT2D eigenvalue weighted by molar-refractivity contribution is 6.18. The van der Waals surface area contributed by atoms with Crippen LogP contribution in [0.3, 0.4) is 0 Å². The van der Waals surface area contributed by atoms with Crippen LogP contribution in [-0.4, -0.2) is 10.5 Å². The molecule has 0 aliphatic carbocycles. The van der Waals surface area contributed by atoms with Crippen LogP contribution in [0.25, 0.3) is 21.8 Å². The summed E-state index contributed by atoms with van der Waals surface area (Å²) in [4.78, 5) is 12.1. The number of nitrogens with two attached hydrogens (primary N) is 1. The Morgan fingerprint density at radius 1 is 0.964 bits per heavy atom. The van der Waals surface area contributed by atoms with Crippen molar-refractivity contribution in [3.05, 3.63) is 81.9 Å². The van der Waals surface area contributed by atoms with E-state index in [2.05, 4.69) is 68.7 Å². The van der Waals surface area contributed by atoms with Crippen LogP contribution < -0.4 is 5.73 Å². The van der Waals surface area contributed by atoms with Gasteiger partial charge in [0.25, 0.3) is 0 Å². The van der Waals surface area contributed by atoms with Crippen LogP contribution in [0.2, 0.25) is 0 Å². The average Bonchev–Trinajstić information content (AvgIpc) is 2.97. The number of nitrogens with zero attached hydrogens (tertiary/aromatic N) is 1. The number of hydrogen-bond donors (Lipinski definition) is 1. The second-order valence-corrected chi connectivity index (χ2v) is 7.73. The van der Waals surface area contributed by atoms with E-state index in [0.717, 1.165) is 34.8 Å². The maximum Gasteiger partial charge on any atom is 0.249 e. The predicted molar refractivity (Wildman–Crippen MR) is 117 cm³/mol. The number of fused-ring (bicyclic) bond motifs is 3. The molecule has 0 saturated carbocycles. The fraction of sp³-hybridized carbons (Fsp3) is 0.240. The molecule has 1 aromatic heterocycles. The topological polar surface area (TPSA) is 48.0 Å². The maximum atomic E-state index is 12.1. The SMILES string of the molecule is CCc1ccc2c3c(C(N)=O)cccc3n(Cc3c(C)cc(C)cc3C)c2c1. The van der Waals surface area contributed by atoms with E-state index in [9.17, 15) is 4.79 Å². The van der Waals surface area contributed by atoms with Gasteiger partial charge < -0.3 is 10.3 Å². The second-order valence-electron chi connectivity index (χ2n) is 7.73. The van der Waals surface area contributed by atoms with Crippen LogP contribution in [-0.2, 0) is 13.0 Å². The number of primary amides is 1. The van der Waals surface area contributed by atoms with Crippen molar-refractivity contribution >= 4 is 27.7 Å². The van der Waals surface area contributed by atoms with Crippen molar-refractivity contribution in [1.82, 2.24) is 4.57 Å². The number of aromatic nitrogens is 1. The lowest BCUT2D eigenvalue weighted by Gasteiger charge is -2.15. The fourth-order valence-corrected chi connectivity index (χ4v) is 4.40. The van der Waals surface area contributed by atoms with Gasteiger partial charge in [0.15, 0.2) is 0 Å². The molecule has 3 nitrogen and oxygen atoms in total. The summed E-state index contributed by atoms with van der Waals surface area (Å²) in [6.07, 6.45) is 0.975. The van der Waals surface area contributed by atoms with E-state index in [4.69, 9.17) is 5.73 Å². The van der Waals surface area contributed by atoms with E-state index >= 15 is 0 Å². The van der Waals surface area contributed by atoms with Gasteiger partial charge in [-0.2, -0.15) is 0 Å². The van der Waals surface area contributed by atoms with Gasteiger partial charge in [-0.25, -0.2) is 0 Å². The van der Waals surface area contributed by atoms with E-state index in [1.807, 2.05) is 12.1 Å². The van der Waals surface area contributed by atoms with Crippen molar-refractivity contribution in [2.24, 2.45) is 5.73 Å². The van der Waals surface area contributed by atoms with Gasteiger partial charge >= 0.3 is 0 Å². The molecular weight excluding hydrogens is 344 g/mol. The third kappa shape index (κ3) is 2.88. The Balaban J connectivity index is 2.06. The fourth-order valence-electron chi connectivity index (χ4n) is 4.40. The molecule has 28 heavy (non-hydrogen) atoms. The molecule has 0 bridgehead atoms. The van der Waals surface area contributed by atoms with Crippen molar-refractivity contribution in [2.75, 3.05) is 0 Å². The van der Waals surface area contributed by atoms with Crippen LogP contribution in [0.1, 0.15) is 45.1 Å². The molecule has 0 fully saturated rings. The minimum atomic E-state index is -0.382. The molecule has 0 aliphatic rings. The molecule has 0 unspecified atom stereocenters. The molecule has 0 aliphatic heterocycles. The Morgan fingerprint density at radius 2 is 1.68 bits per heavy atom. The molecule has 0 atom stereocenters. The van der Waals surface area contributed by atoms with Gasteiger partial charge in [-0.15, -0.1) is 0 Å². The molecule has 2 N–H and O–H groups in total. The Kier molecular flexibility index (Phi) is 4.46. The van der Waals surface area contributed by atoms with E-state index in [0.29, 0.717) is 5.56 Å².